The summed E-state index contributed by atoms with van der Waals surface area (Å²) in [6, 6.07) is 7.93. The third-order valence-corrected chi connectivity index (χ3v) is 1.72. The van der Waals surface area contributed by atoms with Gasteiger partial charge in [0.2, 0.25) is 0 Å². The van der Waals surface area contributed by atoms with Gasteiger partial charge in [-0.1, -0.05) is 12.1 Å². The van der Waals surface area contributed by atoms with E-state index in [0.717, 1.165) is 17.2 Å². The van der Waals surface area contributed by atoms with Crippen LogP contribution >= 0.6 is 0 Å². The van der Waals surface area contributed by atoms with Crippen LogP contribution in [-0.2, 0) is 0 Å². The van der Waals surface area contributed by atoms with Gasteiger partial charge in [0.25, 0.3) is 0 Å². The molecule has 1 heterocycles. The normalized spacial score (nSPS) is 12.8. The average molecular weight is 159 g/mol. The van der Waals surface area contributed by atoms with E-state index in [1.165, 1.54) is 6.21 Å². The number of hydrogen-bond acceptors (Lipinski definition) is 3. The van der Waals surface area contributed by atoms with Crippen molar-refractivity contribution in [2.45, 2.75) is 0 Å². The molecule has 0 atom stereocenters. The van der Waals surface area contributed by atoms with Gasteiger partial charge in [-0.3, -0.25) is 0 Å². The molecule has 12 heavy (non-hydrogen) atoms. The van der Waals surface area contributed by atoms with Crippen LogP contribution in [0.4, 0.5) is 11.4 Å². The molecular weight excluding hydrogens is 150 g/mol. The first-order valence-electron chi connectivity index (χ1n) is 3.74. The third kappa shape index (κ3) is 1.05. The topological polar surface area (TPSA) is 47.9 Å². The molecule has 1 aliphatic heterocycles. The largest absolute Gasteiger partial charge is 0.340 e. The minimum atomic E-state index is 0.853. The van der Waals surface area contributed by atoms with Crippen LogP contribution < -0.4 is 10.6 Å². The van der Waals surface area contributed by atoms with Crippen molar-refractivity contribution in [2.75, 3.05) is 10.6 Å². The second-order valence-electron chi connectivity index (χ2n) is 2.54. The van der Waals surface area contributed by atoms with Crippen LogP contribution in [0.3, 0.4) is 0 Å². The number of hydrogen-bond donors (Lipinski definition) is 3. The minimum absolute atomic E-state index is 0.853. The van der Waals surface area contributed by atoms with Crippen LogP contribution in [0.2, 0.25) is 0 Å². The first kappa shape index (κ1) is 6.91. The second-order valence-corrected chi connectivity index (χ2v) is 2.54. The van der Waals surface area contributed by atoms with Gasteiger partial charge in [-0.15, -0.1) is 0 Å². The highest BCUT2D eigenvalue weighted by atomic mass is 15.2. The molecule has 3 heteroatoms. The Morgan fingerprint density at radius 1 is 1.08 bits per heavy atom. The number of benzene rings is 1. The van der Waals surface area contributed by atoms with Gasteiger partial charge in [0.15, 0.2) is 0 Å². The molecule has 1 aliphatic rings. The lowest BCUT2D eigenvalue weighted by Crippen LogP contribution is -1.98. The van der Waals surface area contributed by atoms with E-state index in [9.17, 15) is 0 Å². The van der Waals surface area contributed by atoms with Crippen LogP contribution in [0.15, 0.2) is 36.2 Å². The zero-order valence-electron chi connectivity index (χ0n) is 6.46. The maximum atomic E-state index is 6.89. The van der Waals surface area contributed by atoms with E-state index in [-0.39, 0.29) is 0 Å². The molecular formula is C9H9N3. The monoisotopic (exact) mass is 159 g/mol. The molecule has 0 unspecified atom stereocenters. The Bertz CT molecular complexity index is 314. The van der Waals surface area contributed by atoms with E-state index in [1.807, 2.05) is 24.3 Å². The number of anilines is 2. The summed E-state index contributed by atoms with van der Waals surface area (Å²) in [5, 5.41) is 13.2. The molecule has 1 aromatic carbocycles. The fourth-order valence-electron chi connectivity index (χ4n) is 1.19. The quantitative estimate of drug-likeness (QED) is 0.549. The maximum absolute atomic E-state index is 6.89. The molecule has 0 bridgehead atoms. The van der Waals surface area contributed by atoms with Gasteiger partial charge in [-0.25, -0.2) is 0 Å². The molecule has 0 amide bonds. The van der Waals surface area contributed by atoms with Crippen molar-refractivity contribution < 1.29 is 0 Å². The first-order valence-corrected chi connectivity index (χ1v) is 3.74. The molecule has 3 nitrogen and oxygen atoms in total. The molecule has 0 saturated carbocycles. The summed E-state index contributed by atoms with van der Waals surface area (Å²) in [7, 11) is 0. The summed E-state index contributed by atoms with van der Waals surface area (Å²) in [4.78, 5) is 0. The fraction of sp³-hybridized carbons (Fsp3) is 0. The number of nitrogens with one attached hydrogen (secondary N) is 3. The summed E-state index contributed by atoms with van der Waals surface area (Å²) in [5.41, 5.74) is 2.12. The molecule has 0 aromatic heterocycles. The lowest BCUT2D eigenvalue weighted by Gasteiger charge is -1.94. The Hall–Kier alpha value is -1.77. The van der Waals surface area contributed by atoms with E-state index in [0.29, 0.717) is 0 Å². The highest BCUT2D eigenvalue weighted by Gasteiger charge is 2.10. The van der Waals surface area contributed by atoms with Crippen molar-refractivity contribution in [3.63, 3.8) is 0 Å². The van der Waals surface area contributed by atoms with Crippen LogP contribution in [0.1, 0.15) is 0 Å². The lowest BCUT2D eigenvalue weighted by molar-refractivity contribution is 1.48. The molecule has 60 valence electrons. The van der Waals surface area contributed by atoms with Crippen molar-refractivity contribution in [3.8, 4) is 0 Å². The summed E-state index contributed by atoms with van der Waals surface area (Å²) in [6.07, 6.45) is 2.93. The fourth-order valence-corrected chi connectivity index (χ4v) is 1.19. The van der Waals surface area contributed by atoms with Crippen molar-refractivity contribution in [3.05, 3.63) is 36.2 Å². The smallest absolute Gasteiger partial charge is 0.109 e. The second kappa shape index (κ2) is 2.70. The molecule has 1 aromatic rings. The number of fused-ring (bicyclic) bond motifs is 1. The molecule has 0 radical (unpaired) electrons. The van der Waals surface area contributed by atoms with E-state index in [4.69, 9.17) is 5.41 Å². The molecule has 2 rings (SSSR count). The Balaban J connectivity index is 2.33. The van der Waals surface area contributed by atoms with Crippen LogP contribution in [0.5, 0.6) is 0 Å². The van der Waals surface area contributed by atoms with Gasteiger partial charge in [0.05, 0.1) is 11.4 Å². The Morgan fingerprint density at radius 3 is 2.17 bits per heavy atom. The Kier molecular flexibility index (Phi) is 1.55. The number of para-hydroxylation sites is 2. The third-order valence-electron chi connectivity index (χ3n) is 1.72. The zero-order chi connectivity index (χ0) is 8.39. The standard InChI is InChI=1S/C9H9N3/c10-6-5-9-11-7-3-1-2-4-8(7)12-9/h1-6,10-12H. The van der Waals surface area contributed by atoms with Crippen LogP contribution in [0.25, 0.3) is 0 Å². The Labute approximate surface area is 70.6 Å². The SMILES string of the molecule is N=CC=C1Nc2ccccc2N1. The summed E-state index contributed by atoms with van der Waals surface area (Å²) in [6.45, 7) is 0. The first-order chi connectivity index (χ1) is 5.90. The summed E-state index contributed by atoms with van der Waals surface area (Å²) < 4.78 is 0. The van der Waals surface area contributed by atoms with Gasteiger partial charge < -0.3 is 16.0 Å². The number of allylic oxidation sites excluding steroid dienone is 1. The predicted molar refractivity (Wildman–Crippen MR) is 50.6 cm³/mol. The van der Waals surface area contributed by atoms with E-state index < -0.39 is 0 Å². The van der Waals surface area contributed by atoms with Gasteiger partial charge in [0, 0.05) is 6.21 Å². The number of rotatable bonds is 1. The van der Waals surface area contributed by atoms with Crippen molar-refractivity contribution in [1.82, 2.24) is 0 Å². The van der Waals surface area contributed by atoms with Crippen LogP contribution in [-0.4, -0.2) is 6.21 Å². The summed E-state index contributed by atoms with van der Waals surface area (Å²) in [5.74, 6) is 0.853. The highest BCUT2D eigenvalue weighted by molar-refractivity contribution is 5.82. The van der Waals surface area contributed by atoms with Crippen molar-refractivity contribution in [2.24, 2.45) is 0 Å². The van der Waals surface area contributed by atoms with Gasteiger partial charge in [0.1, 0.15) is 5.82 Å². The minimum Gasteiger partial charge on any atom is -0.340 e. The van der Waals surface area contributed by atoms with E-state index in [1.54, 1.807) is 6.08 Å². The Morgan fingerprint density at radius 2 is 1.67 bits per heavy atom. The maximum Gasteiger partial charge on any atom is 0.109 e. The molecule has 0 saturated heterocycles. The summed E-state index contributed by atoms with van der Waals surface area (Å²) >= 11 is 0. The average Bonchev–Trinajstić information content (AvgIpc) is 2.47. The molecule has 3 N–H and O–H groups in total. The molecule has 0 spiro atoms. The lowest BCUT2D eigenvalue weighted by atomic mass is 10.3. The van der Waals surface area contributed by atoms with Crippen LogP contribution in [0, 0.1) is 5.41 Å². The van der Waals surface area contributed by atoms with Gasteiger partial charge in [-0.05, 0) is 18.2 Å². The van der Waals surface area contributed by atoms with Crippen molar-refractivity contribution >= 4 is 17.6 Å². The van der Waals surface area contributed by atoms with Crippen molar-refractivity contribution in [1.29, 1.82) is 5.41 Å². The van der Waals surface area contributed by atoms with E-state index in [2.05, 4.69) is 10.6 Å². The molecule has 0 fully saturated rings. The van der Waals surface area contributed by atoms with Gasteiger partial charge >= 0.3 is 0 Å². The molecule has 0 aliphatic carbocycles. The zero-order valence-corrected chi connectivity index (χ0v) is 6.46. The van der Waals surface area contributed by atoms with Gasteiger partial charge in [-0.2, -0.15) is 0 Å². The highest BCUT2D eigenvalue weighted by Crippen LogP contribution is 2.28. The van der Waals surface area contributed by atoms with E-state index >= 15 is 0 Å². The predicted octanol–water partition coefficient (Wildman–Crippen LogP) is 2.01.